The van der Waals surface area contributed by atoms with Crippen LogP contribution in [0.3, 0.4) is 0 Å². The van der Waals surface area contributed by atoms with E-state index in [1.165, 1.54) is 51.5 Å². The van der Waals surface area contributed by atoms with E-state index in [0.29, 0.717) is 5.41 Å². The van der Waals surface area contributed by atoms with E-state index in [4.69, 9.17) is 5.73 Å². The Morgan fingerprint density at radius 2 is 2.06 bits per heavy atom. The first-order chi connectivity index (χ1) is 7.76. The van der Waals surface area contributed by atoms with Crippen molar-refractivity contribution in [3.63, 3.8) is 0 Å². The van der Waals surface area contributed by atoms with Crippen LogP contribution in [0.1, 0.15) is 58.8 Å². The van der Waals surface area contributed by atoms with Crippen molar-refractivity contribution in [1.29, 1.82) is 0 Å². The van der Waals surface area contributed by atoms with Gasteiger partial charge in [-0.3, -0.25) is 0 Å². The van der Waals surface area contributed by atoms with Crippen LogP contribution in [0.25, 0.3) is 0 Å². The molecule has 1 saturated carbocycles. The van der Waals surface area contributed by atoms with Crippen LogP contribution < -0.4 is 11.1 Å². The van der Waals surface area contributed by atoms with Gasteiger partial charge in [0.1, 0.15) is 0 Å². The molecule has 0 bridgehead atoms. The molecule has 1 aliphatic rings. The lowest BCUT2D eigenvalue weighted by Crippen LogP contribution is -2.46. The first-order valence-corrected chi connectivity index (χ1v) is 7.17. The minimum Gasteiger partial charge on any atom is -0.330 e. The summed E-state index contributed by atoms with van der Waals surface area (Å²) in [5.41, 5.74) is 6.32. The second-order valence-corrected chi connectivity index (χ2v) is 5.61. The Labute approximate surface area is 101 Å². The number of nitrogens with one attached hydrogen (secondary N) is 1. The Morgan fingerprint density at radius 1 is 1.31 bits per heavy atom. The van der Waals surface area contributed by atoms with Gasteiger partial charge >= 0.3 is 0 Å². The van der Waals surface area contributed by atoms with Crippen LogP contribution >= 0.6 is 0 Å². The zero-order valence-electron chi connectivity index (χ0n) is 11.2. The van der Waals surface area contributed by atoms with E-state index in [1.54, 1.807) is 0 Å². The minimum absolute atomic E-state index is 0.461. The van der Waals surface area contributed by atoms with Crippen molar-refractivity contribution < 1.29 is 0 Å². The Hall–Kier alpha value is -0.0800. The summed E-state index contributed by atoms with van der Waals surface area (Å²) in [5.74, 6) is 0.870. The molecule has 0 aromatic rings. The lowest BCUT2D eigenvalue weighted by Gasteiger charge is -2.41. The maximum Gasteiger partial charge on any atom is 0.00200 e. The van der Waals surface area contributed by atoms with Gasteiger partial charge in [0.15, 0.2) is 0 Å². The smallest absolute Gasteiger partial charge is 0.00200 e. The predicted molar refractivity (Wildman–Crippen MR) is 71.5 cm³/mol. The van der Waals surface area contributed by atoms with Crippen molar-refractivity contribution in [2.24, 2.45) is 17.1 Å². The molecular formula is C14H30N2. The SMILES string of the molecule is CCCCC(CC)CNCC1(CN)CCC1. The van der Waals surface area contributed by atoms with Gasteiger partial charge in [-0.15, -0.1) is 0 Å². The van der Waals surface area contributed by atoms with E-state index in [2.05, 4.69) is 19.2 Å². The zero-order chi connectivity index (χ0) is 11.9. The summed E-state index contributed by atoms with van der Waals surface area (Å²) in [7, 11) is 0. The number of hydrogen-bond donors (Lipinski definition) is 2. The molecule has 0 aromatic heterocycles. The number of rotatable bonds is 9. The molecule has 1 unspecified atom stereocenters. The fourth-order valence-electron chi connectivity index (χ4n) is 2.61. The van der Waals surface area contributed by atoms with E-state index < -0.39 is 0 Å². The van der Waals surface area contributed by atoms with Crippen LogP contribution in [0.15, 0.2) is 0 Å². The standard InChI is InChI=1S/C14H30N2/c1-3-5-7-13(4-2)10-16-12-14(11-15)8-6-9-14/h13,16H,3-12,15H2,1-2H3. The summed E-state index contributed by atoms with van der Waals surface area (Å²) in [6.45, 7) is 7.79. The van der Waals surface area contributed by atoms with Crippen LogP contribution in [-0.2, 0) is 0 Å². The Morgan fingerprint density at radius 3 is 2.50 bits per heavy atom. The van der Waals surface area contributed by atoms with Crippen LogP contribution in [0.4, 0.5) is 0 Å². The molecule has 16 heavy (non-hydrogen) atoms. The van der Waals surface area contributed by atoms with Crippen molar-refractivity contribution in [1.82, 2.24) is 5.32 Å². The second-order valence-electron chi connectivity index (χ2n) is 5.61. The first kappa shape index (κ1) is 14.0. The lowest BCUT2D eigenvalue weighted by atomic mass is 9.69. The van der Waals surface area contributed by atoms with Crippen LogP contribution in [-0.4, -0.2) is 19.6 Å². The highest BCUT2D eigenvalue weighted by Gasteiger charge is 2.34. The molecule has 96 valence electrons. The lowest BCUT2D eigenvalue weighted by molar-refractivity contribution is 0.138. The number of unbranched alkanes of at least 4 members (excludes halogenated alkanes) is 1. The van der Waals surface area contributed by atoms with Gasteiger partial charge in [-0.05, 0) is 43.7 Å². The largest absolute Gasteiger partial charge is 0.330 e. The first-order valence-electron chi connectivity index (χ1n) is 7.17. The third kappa shape index (κ3) is 4.06. The fourth-order valence-corrected chi connectivity index (χ4v) is 2.61. The molecule has 1 fully saturated rings. The minimum atomic E-state index is 0.461. The maximum absolute atomic E-state index is 5.86. The topological polar surface area (TPSA) is 38.0 Å². The summed E-state index contributed by atoms with van der Waals surface area (Å²) in [5, 5.41) is 3.66. The van der Waals surface area contributed by atoms with Gasteiger partial charge in [0, 0.05) is 6.54 Å². The second kappa shape index (κ2) is 7.29. The zero-order valence-corrected chi connectivity index (χ0v) is 11.2. The van der Waals surface area contributed by atoms with E-state index in [-0.39, 0.29) is 0 Å². The normalized spacial score (nSPS) is 20.4. The van der Waals surface area contributed by atoms with Gasteiger partial charge in [0.2, 0.25) is 0 Å². The van der Waals surface area contributed by atoms with Gasteiger partial charge in [-0.2, -0.15) is 0 Å². The molecule has 0 aliphatic heterocycles. The van der Waals surface area contributed by atoms with E-state index in [1.807, 2.05) is 0 Å². The van der Waals surface area contributed by atoms with Crippen molar-refractivity contribution in [2.75, 3.05) is 19.6 Å². The van der Waals surface area contributed by atoms with Crippen molar-refractivity contribution >= 4 is 0 Å². The molecule has 0 aromatic carbocycles. The summed E-state index contributed by atoms with van der Waals surface area (Å²) in [6.07, 6.45) is 9.44. The summed E-state index contributed by atoms with van der Waals surface area (Å²) in [6, 6.07) is 0. The Balaban J connectivity index is 2.12. The third-order valence-electron chi connectivity index (χ3n) is 4.32. The predicted octanol–water partition coefficient (Wildman–Crippen LogP) is 2.92. The van der Waals surface area contributed by atoms with E-state index >= 15 is 0 Å². The quantitative estimate of drug-likeness (QED) is 0.634. The van der Waals surface area contributed by atoms with Crippen LogP contribution in [0.2, 0.25) is 0 Å². The average molecular weight is 226 g/mol. The highest BCUT2D eigenvalue weighted by atomic mass is 14.9. The van der Waals surface area contributed by atoms with Gasteiger partial charge in [-0.25, -0.2) is 0 Å². The summed E-state index contributed by atoms with van der Waals surface area (Å²) < 4.78 is 0. The Kier molecular flexibility index (Phi) is 6.37. The molecule has 3 N–H and O–H groups in total. The van der Waals surface area contributed by atoms with Crippen molar-refractivity contribution in [3.05, 3.63) is 0 Å². The molecule has 1 atom stereocenters. The van der Waals surface area contributed by atoms with Gasteiger partial charge in [0.25, 0.3) is 0 Å². The van der Waals surface area contributed by atoms with Crippen molar-refractivity contribution in [2.45, 2.75) is 58.8 Å². The van der Waals surface area contributed by atoms with Gasteiger partial charge < -0.3 is 11.1 Å². The molecule has 0 spiro atoms. The molecule has 0 radical (unpaired) electrons. The summed E-state index contributed by atoms with van der Waals surface area (Å²) in [4.78, 5) is 0. The number of hydrogen-bond acceptors (Lipinski definition) is 2. The Bertz CT molecular complexity index is 170. The maximum atomic E-state index is 5.86. The fraction of sp³-hybridized carbons (Fsp3) is 1.00. The highest BCUT2D eigenvalue weighted by molar-refractivity contribution is 4.90. The monoisotopic (exact) mass is 226 g/mol. The third-order valence-corrected chi connectivity index (χ3v) is 4.32. The molecule has 1 rings (SSSR count). The molecule has 1 aliphatic carbocycles. The molecule has 0 saturated heterocycles. The molecule has 2 heteroatoms. The average Bonchev–Trinajstić information content (AvgIpc) is 2.26. The van der Waals surface area contributed by atoms with Crippen molar-refractivity contribution in [3.8, 4) is 0 Å². The van der Waals surface area contributed by atoms with Crippen LogP contribution in [0, 0.1) is 11.3 Å². The van der Waals surface area contributed by atoms with Gasteiger partial charge in [-0.1, -0.05) is 39.5 Å². The highest BCUT2D eigenvalue weighted by Crippen LogP contribution is 2.39. The van der Waals surface area contributed by atoms with Gasteiger partial charge in [0.05, 0.1) is 0 Å². The molecule has 2 nitrogen and oxygen atoms in total. The molecule has 0 heterocycles. The van der Waals surface area contributed by atoms with E-state index in [9.17, 15) is 0 Å². The summed E-state index contributed by atoms with van der Waals surface area (Å²) >= 11 is 0. The molecular weight excluding hydrogens is 196 g/mol. The number of nitrogens with two attached hydrogens (primary N) is 1. The molecule has 0 amide bonds. The van der Waals surface area contributed by atoms with E-state index in [0.717, 1.165) is 19.0 Å². The van der Waals surface area contributed by atoms with Crippen LogP contribution in [0.5, 0.6) is 0 Å².